The van der Waals surface area contributed by atoms with E-state index in [9.17, 15) is 9.59 Å². The number of hydrogen-bond acceptors (Lipinski definition) is 2. The second kappa shape index (κ2) is 6.35. The van der Waals surface area contributed by atoms with E-state index < -0.39 is 5.97 Å². The smallest absolute Gasteiger partial charge is 0.323 e. The van der Waals surface area contributed by atoms with E-state index >= 15 is 0 Å². The third-order valence-corrected chi connectivity index (χ3v) is 3.05. The second-order valence-corrected chi connectivity index (χ2v) is 4.23. The fourth-order valence-electron chi connectivity index (χ4n) is 1.77. The maximum absolute atomic E-state index is 11.5. The zero-order valence-electron chi connectivity index (χ0n) is 9.74. The topological polar surface area (TPSA) is 69.6 Å². The Bertz CT molecular complexity index is 252. The number of nitrogens with one attached hydrogen (secondary N) is 1. The summed E-state index contributed by atoms with van der Waals surface area (Å²) in [4.78, 5) is 23.3. The van der Waals surface area contributed by atoms with E-state index in [-0.39, 0.29) is 12.6 Å². The lowest BCUT2D eigenvalue weighted by Gasteiger charge is -2.26. The molecule has 16 heavy (non-hydrogen) atoms. The largest absolute Gasteiger partial charge is 0.480 e. The van der Waals surface area contributed by atoms with Gasteiger partial charge in [0.05, 0.1) is 0 Å². The number of carboxylic acids is 1. The lowest BCUT2D eigenvalue weighted by Crippen LogP contribution is -2.43. The Labute approximate surface area is 95.8 Å². The van der Waals surface area contributed by atoms with Crippen molar-refractivity contribution in [2.45, 2.75) is 32.6 Å². The SMILES string of the molecule is CCN(CC(=O)O)C(=O)NCCC1CCC1. The lowest BCUT2D eigenvalue weighted by atomic mass is 9.83. The van der Waals surface area contributed by atoms with Crippen LogP contribution in [0.25, 0.3) is 0 Å². The van der Waals surface area contributed by atoms with Gasteiger partial charge < -0.3 is 15.3 Å². The van der Waals surface area contributed by atoms with E-state index in [1.807, 2.05) is 0 Å². The van der Waals surface area contributed by atoms with Gasteiger partial charge in [-0.3, -0.25) is 4.79 Å². The lowest BCUT2D eigenvalue weighted by molar-refractivity contribution is -0.137. The van der Waals surface area contributed by atoms with E-state index in [4.69, 9.17) is 5.11 Å². The average Bonchev–Trinajstić information content (AvgIpc) is 2.17. The number of amides is 2. The van der Waals surface area contributed by atoms with E-state index in [0.717, 1.165) is 12.3 Å². The quantitative estimate of drug-likeness (QED) is 0.719. The van der Waals surface area contributed by atoms with Gasteiger partial charge in [0.25, 0.3) is 0 Å². The maximum Gasteiger partial charge on any atom is 0.323 e. The predicted octanol–water partition coefficient (Wildman–Crippen LogP) is 1.29. The number of carboxylic acid groups (broad SMARTS) is 1. The highest BCUT2D eigenvalue weighted by atomic mass is 16.4. The van der Waals surface area contributed by atoms with E-state index in [0.29, 0.717) is 13.1 Å². The number of nitrogens with zero attached hydrogens (tertiary/aromatic N) is 1. The van der Waals surface area contributed by atoms with E-state index in [1.54, 1.807) is 6.92 Å². The number of rotatable bonds is 6. The number of aliphatic carboxylic acids is 1. The average molecular weight is 228 g/mol. The Morgan fingerprint density at radius 3 is 2.56 bits per heavy atom. The molecule has 1 saturated carbocycles. The van der Waals surface area contributed by atoms with Crippen molar-refractivity contribution in [3.05, 3.63) is 0 Å². The standard InChI is InChI=1S/C11H20N2O3/c1-2-13(8-10(14)15)11(16)12-7-6-9-4-3-5-9/h9H,2-8H2,1H3,(H,12,16)(H,14,15). The van der Waals surface area contributed by atoms with Gasteiger partial charge in [-0.15, -0.1) is 0 Å². The molecule has 0 spiro atoms. The Hall–Kier alpha value is -1.26. The molecule has 2 amide bonds. The molecule has 0 heterocycles. The molecule has 5 heteroatoms. The fraction of sp³-hybridized carbons (Fsp3) is 0.818. The highest BCUT2D eigenvalue weighted by Crippen LogP contribution is 2.28. The van der Waals surface area contributed by atoms with Crippen LogP contribution in [0.1, 0.15) is 32.6 Å². The molecule has 0 radical (unpaired) electrons. The van der Waals surface area contributed by atoms with Crippen LogP contribution in [0, 0.1) is 5.92 Å². The van der Waals surface area contributed by atoms with Crippen molar-refractivity contribution < 1.29 is 14.7 Å². The molecule has 1 aliphatic carbocycles. The molecule has 0 aromatic carbocycles. The van der Waals surface area contributed by atoms with Gasteiger partial charge in [-0.25, -0.2) is 4.79 Å². The van der Waals surface area contributed by atoms with Gasteiger partial charge in [-0.05, 0) is 19.3 Å². The third-order valence-electron chi connectivity index (χ3n) is 3.05. The van der Waals surface area contributed by atoms with Crippen molar-refractivity contribution in [1.82, 2.24) is 10.2 Å². The minimum absolute atomic E-state index is 0.230. The molecule has 0 aromatic rings. The molecule has 0 bridgehead atoms. The molecule has 0 saturated heterocycles. The minimum atomic E-state index is -0.976. The first-order valence-corrected chi connectivity index (χ1v) is 5.88. The molecule has 0 aliphatic heterocycles. The molecule has 1 aliphatic rings. The maximum atomic E-state index is 11.5. The molecule has 0 unspecified atom stereocenters. The zero-order valence-corrected chi connectivity index (χ0v) is 9.74. The highest BCUT2D eigenvalue weighted by Gasteiger charge is 2.18. The summed E-state index contributed by atoms with van der Waals surface area (Å²) in [6, 6.07) is -0.274. The van der Waals surface area contributed by atoms with Crippen molar-refractivity contribution in [3.8, 4) is 0 Å². The highest BCUT2D eigenvalue weighted by molar-refractivity contribution is 5.79. The van der Waals surface area contributed by atoms with Crippen molar-refractivity contribution in [1.29, 1.82) is 0 Å². The van der Waals surface area contributed by atoms with Crippen molar-refractivity contribution in [3.63, 3.8) is 0 Å². The molecule has 1 fully saturated rings. The van der Waals surface area contributed by atoms with Crippen LogP contribution in [-0.4, -0.2) is 41.6 Å². The molecule has 0 aromatic heterocycles. The minimum Gasteiger partial charge on any atom is -0.480 e. The van der Waals surface area contributed by atoms with Crippen LogP contribution in [0.4, 0.5) is 4.79 Å². The monoisotopic (exact) mass is 228 g/mol. The van der Waals surface area contributed by atoms with Crippen molar-refractivity contribution in [2.75, 3.05) is 19.6 Å². The summed E-state index contributed by atoms with van der Waals surface area (Å²) in [5.74, 6) is -0.217. The Kier molecular flexibility index (Phi) is 5.08. The van der Waals surface area contributed by atoms with E-state index in [2.05, 4.69) is 5.32 Å². The number of likely N-dealkylation sites (N-methyl/N-ethyl adjacent to an activating group) is 1. The van der Waals surface area contributed by atoms with Crippen LogP contribution in [0.5, 0.6) is 0 Å². The van der Waals surface area contributed by atoms with Gasteiger partial charge >= 0.3 is 12.0 Å². The van der Waals surface area contributed by atoms with Crippen LogP contribution in [0.15, 0.2) is 0 Å². The molecule has 0 atom stereocenters. The zero-order chi connectivity index (χ0) is 12.0. The Morgan fingerprint density at radius 1 is 1.44 bits per heavy atom. The van der Waals surface area contributed by atoms with Gasteiger partial charge in [0.15, 0.2) is 0 Å². The molecule has 5 nitrogen and oxygen atoms in total. The van der Waals surface area contributed by atoms with Gasteiger partial charge in [-0.2, -0.15) is 0 Å². The second-order valence-electron chi connectivity index (χ2n) is 4.23. The molecule has 2 N–H and O–H groups in total. The number of carbonyl (C=O) groups excluding carboxylic acids is 1. The van der Waals surface area contributed by atoms with Gasteiger partial charge in [-0.1, -0.05) is 19.3 Å². The molecule has 92 valence electrons. The van der Waals surface area contributed by atoms with Crippen molar-refractivity contribution >= 4 is 12.0 Å². The number of carbonyl (C=O) groups is 2. The summed E-state index contributed by atoms with van der Waals surface area (Å²) in [5, 5.41) is 11.4. The number of urea groups is 1. The summed E-state index contributed by atoms with van der Waals surface area (Å²) < 4.78 is 0. The first-order chi connectivity index (χ1) is 7.63. The van der Waals surface area contributed by atoms with Crippen LogP contribution in [0.3, 0.4) is 0 Å². The Balaban J connectivity index is 2.17. The van der Waals surface area contributed by atoms with Gasteiger partial charge in [0.2, 0.25) is 0 Å². The summed E-state index contributed by atoms with van der Waals surface area (Å²) in [6.07, 6.45) is 4.85. The molecule has 1 rings (SSSR count). The predicted molar refractivity (Wildman–Crippen MR) is 60.2 cm³/mol. The summed E-state index contributed by atoms with van der Waals surface area (Å²) in [6.45, 7) is 2.61. The van der Waals surface area contributed by atoms with Crippen LogP contribution in [-0.2, 0) is 4.79 Å². The molecular weight excluding hydrogens is 208 g/mol. The van der Waals surface area contributed by atoms with Crippen molar-refractivity contribution in [2.24, 2.45) is 5.92 Å². The van der Waals surface area contributed by atoms with Gasteiger partial charge in [0, 0.05) is 13.1 Å². The van der Waals surface area contributed by atoms with Gasteiger partial charge in [0.1, 0.15) is 6.54 Å². The first kappa shape index (κ1) is 12.8. The summed E-state index contributed by atoms with van der Waals surface area (Å²) >= 11 is 0. The summed E-state index contributed by atoms with van der Waals surface area (Å²) in [5.41, 5.74) is 0. The fourth-order valence-corrected chi connectivity index (χ4v) is 1.77. The first-order valence-electron chi connectivity index (χ1n) is 5.88. The van der Waals surface area contributed by atoms with Crippen LogP contribution >= 0.6 is 0 Å². The van der Waals surface area contributed by atoms with E-state index in [1.165, 1.54) is 24.2 Å². The number of hydrogen-bond donors (Lipinski definition) is 2. The normalized spacial score (nSPS) is 15.3. The van der Waals surface area contributed by atoms with Crippen LogP contribution < -0.4 is 5.32 Å². The van der Waals surface area contributed by atoms with Crippen LogP contribution in [0.2, 0.25) is 0 Å². The molecular formula is C11H20N2O3. The summed E-state index contributed by atoms with van der Waals surface area (Å²) in [7, 11) is 0. The Morgan fingerprint density at radius 2 is 2.12 bits per heavy atom. The third kappa shape index (κ3) is 4.08.